The Balaban J connectivity index is 1.58. The molecule has 0 atom stereocenters. The Morgan fingerprint density at radius 3 is 2.86 bits per heavy atom. The van der Waals surface area contributed by atoms with Crippen LogP contribution in [0.4, 0.5) is 5.13 Å². The normalized spacial score (nSPS) is 10.5. The number of nitrogens with zero attached hydrogens (tertiary/aromatic N) is 2. The van der Waals surface area contributed by atoms with E-state index in [1.165, 1.54) is 0 Å². The molecule has 0 aliphatic heterocycles. The van der Waals surface area contributed by atoms with Gasteiger partial charge in [-0.2, -0.15) is 0 Å². The summed E-state index contributed by atoms with van der Waals surface area (Å²) in [4.78, 5) is 0. The first-order chi connectivity index (χ1) is 10.4. The minimum Gasteiger partial charge on any atom is -0.494 e. The highest BCUT2D eigenvalue weighted by Gasteiger charge is 2.04. The van der Waals surface area contributed by atoms with Gasteiger partial charge in [0, 0.05) is 19.4 Å². The van der Waals surface area contributed by atoms with Crippen LogP contribution in [0.25, 0.3) is 0 Å². The summed E-state index contributed by atoms with van der Waals surface area (Å²) in [5.74, 6) is 1.89. The Hall–Kier alpha value is -1.31. The molecule has 0 fully saturated rings. The number of rotatable bonds is 10. The molecule has 2 rings (SSSR count). The zero-order chi connectivity index (χ0) is 14.8. The molecule has 0 radical (unpaired) electrons. The predicted molar refractivity (Wildman–Crippen MR) is 87.6 cm³/mol. The van der Waals surface area contributed by atoms with Crippen LogP contribution in [0.5, 0.6) is 5.75 Å². The molecule has 0 aliphatic carbocycles. The number of hydrogen-bond donors (Lipinski definition) is 1. The van der Waals surface area contributed by atoms with E-state index in [1.54, 1.807) is 30.2 Å². The molecule has 1 aromatic heterocycles. The Morgan fingerprint density at radius 2 is 2.05 bits per heavy atom. The quantitative estimate of drug-likeness (QED) is 0.535. The van der Waals surface area contributed by atoms with Gasteiger partial charge in [-0.1, -0.05) is 41.3 Å². The standard InChI is InChI=1S/C14H19N3O2S2/c1-18-10-8-15-13-16-17-14(21-13)20-11-5-9-19-12-6-3-2-4-7-12/h2-4,6-7H,5,8-11H2,1H3,(H,15,16). The molecule has 0 aliphatic rings. The SMILES string of the molecule is COCCNc1nnc(SCCCOc2ccccc2)s1. The Labute approximate surface area is 133 Å². The summed E-state index contributed by atoms with van der Waals surface area (Å²) in [5, 5.41) is 12.2. The van der Waals surface area contributed by atoms with Crippen LogP contribution >= 0.6 is 23.1 Å². The fourth-order valence-electron chi connectivity index (χ4n) is 1.52. The lowest BCUT2D eigenvalue weighted by Gasteiger charge is -2.04. The second-order valence-corrected chi connectivity index (χ2v) is 6.48. The lowest BCUT2D eigenvalue weighted by molar-refractivity contribution is 0.211. The fraction of sp³-hybridized carbons (Fsp3) is 0.429. The average molecular weight is 325 g/mol. The van der Waals surface area contributed by atoms with Crippen molar-refractivity contribution >= 4 is 28.2 Å². The number of anilines is 1. The highest BCUT2D eigenvalue weighted by atomic mass is 32.2. The minimum atomic E-state index is 0.666. The Morgan fingerprint density at radius 1 is 1.19 bits per heavy atom. The first-order valence-electron chi connectivity index (χ1n) is 6.75. The largest absolute Gasteiger partial charge is 0.494 e. The maximum atomic E-state index is 5.64. The maximum Gasteiger partial charge on any atom is 0.206 e. The van der Waals surface area contributed by atoms with Crippen molar-refractivity contribution < 1.29 is 9.47 Å². The van der Waals surface area contributed by atoms with Gasteiger partial charge in [0.1, 0.15) is 5.75 Å². The average Bonchev–Trinajstić information content (AvgIpc) is 2.96. The number of aromatic nitrogens is 2. The van der Waals surface area contributed by atoms with Crippen molar-refractivity contribution in [1.82, 2.24) is 10.2 Å². The molecule has 0 bridgehead atoms. The van der Waals surface area contributed by atoms with Crippen molar-refractivity contribution in [1.29, 1.82) is 0 Å². The van der Waals surface area contributed by atoms with Crippen LogP contribution in [0.1, 0.15) is 6.42 Å². The number of thioether (sulfide) groups is 1. The monoisotopic (exact) mass is 325 g/mol. The smallest absolute Gasteiger partial charge is 0.206 e. The zero-order valence-corrected chi connectivity index (χ0v) is 13.6. The first-order valence-corrected chi connectivity index (χ1v) is 8.55. The number of hydrogen-bond acceptors (Lipinski definition) is 7. The van der Waals surface area contributed by atoms with Crippen LogP contribution in [0.2, 0.25) is 0 Å². The molecule has 21 heavy (non-hydrogen) atoms. The number of ether oxygens (including phenoxy) is 2. The van der Waals surface area contributed by atoms with Crippen molar-refractivity contribution in [3.8, 4) is 5.75 Å². The summed E-state index contributed by atoms with van der Waals surface area (Å²) in [6.07, 6.45) is 0.978. The highest BCUT2D eigenvalue weighted by Crippen LogP contribution is 2.25. The van der Waals surface area contributed by atoms with E-state index in [0.29, 0.717) is 6.61 Å². The van der Waals surface area contributed by atoms with Crippen molar-refractivity contribution in [3.05, 3.63) is 30.3 Å². The third-order valence-corrected chi connectivity index (χ3v) is 4.62. The summed E-state index contributed by atoms with van der Waals surface area (Å²) in [7, 11) is 1.68. The third kappa shape index (κ3) is 6.33. The molecule has 5 nitrogen and oxygen atoms in total. The maximum absolute atomic E-state index is 5.64. The third-order valence-electron chi connectivity index (χ3n) is 2.52. The van der Waals surface area contributed by atoms with Crippen LogP contribution < -0.4 is 10.1 Å². The highest BCUT2D eigenvalue weighted by molar-refractivity contribution is 8.01. The Bertz CT molecular complexity index is 508. The van der Waals surface area contributed by atoms with Gasteiger partial charge in [-0.25, -0.2) is 0 Å². The summed E-state index contributed by atoms with van der Waals surface area (Å²) in [6.45, 7) is 2.13. The summed E-state index contributed by atoms with van der Waals surface area (Å²) < 4.78 is 11.6. The lowest BCUT2D eigenvalue weighted by atomic mass is 10.3. The second-order valence-electron chi connectivity index (χ2n) is 4.16. The predicted octanol–water partition coefficient (Wildman–Crippen LogP) is 3.16. The van der Waals surface area contributed by atoms with Crippen molar-refractivity contribution in [2.24, 2.45) is 0 Å². The van der Waals surface area contributed by atoms with Crippen LogP contribution in [-0.2, 0) is 4.74 Å². The van der Waals surface area contributed by atoms with Crippen LogP contribution in [0.3, 0.4) is 0 Å². The van der Waals surface area contributed by atoms with Crippen molar-refractivity contribution in [2.45, 2.75) is 10.8 Å². The molecular formula is C14H19N3O2S2. The molecule has 7 heteroatoms. The summed E-state index contributed by atoms with van der Waals surface area (Å²) in [5.41, 5.74) is 0. The molecule has 1 aromatic carbocycles. The van der Waals surface area contributed by atoms with Gasteiger partial charge < -0.3 is 14.8 Å². The van der Waals surface area contributed by atoms with E-state index in [2.05, 4.69) is 15.5 Å². The van der Waals surface area contributed by atoms with Gasteiger partial charge >= 0.3 is 0 Å². The number of methoxy groups -OCH3 is 1. The number of para-hydroxylation sites is 1. The number of nitrogens with one attached hydrogen (secondary N) is 1. The van der Waals surface area contributed by atoms with E-state index < -0.39 is 0 Å². The van der Waals surface area contributed by atoms with Gasteiger partial charge in [-0.15, -0.1) is 10.2 Å². The van der Waals surface area contributed by atoms with Gasteiger partial charge in [-0.3, -0.25) is 0 Å². The Kier molecular flexibility index (Phi) is 7.34. The summed E-state index contributed by atoms with van der Waals surface area (Å²) >= 11 is 3.28. The zero-order valence-electron chi connectivity index (χ0n) is 11.9. The van der Waals surface area contributed by atoms with Gasteiger partial charge in [0.25, 0.3) is 0 Å². The summed E-state index contributed by atoms with van der Waals surface area (Å²) in [6, 6.07) is 9.87. The molecule has 0 spiro atoms. The molecule has 0 saturated carbocycles. The van der Waals surface area contributed by atoms with Gasteiger partial charge in [0.15, 0.2) is 4.34 Å². The molecule has 114 valence electrons. The molecule has 0 amide bonds. The van der Waals surface area contributed by atoms with Crippen LogP contribution in [0, 0.1) is 0 Å². The van der Waals surface area contributed by atoms with Crippen molar-refractivity contribution in [3.63, 3.8) is 0 Å². The van der Waals surface area contributed by atoms with Crippen molar-refractivity contribution in [2.75, 3.05) is 37.9 Å². The van der Waals surface area contributed by atoms with E-state index in [-0.39, 0.29) is 0 Å². The van der Waals surface area contributed by atoms with Gasteiger partial charge in [-0.05, 0) is 18.6 Å². The van der Waals surface area contributed by atoms with Crippen LogP contribution in [0.15, 0.2) is 34.7 Å². The van der Waals surface area contributed by atoms with E-state index in [4.69, 9.17) is 9.47 Å². The van der Waals surface area contributed by atoms with Gasteiger partial charge in [0.05, 0.1) is 13.2 Å². The molecule has 0 unspecified atom stereocenters. The topological polar surface area (TPSA) is 56.3 Å². The second kappa shape index (κ2) is 9.59. The van der Waals surface area contributed by atoms with E-state index in [1.807, 2.05) is 30.3 Å². The van der Waals surface area contributed by atoms with E-state index >= 15 is 0 Å². The van der Waals surface area contributed by atoms with Gasteiger partial charge in [0.2, 0.25) is 5.13 Å². The lowest BCUT2D eigenvalue weighted by Crippen LogP contribution is -2.06. The van der Waals surface area contributed by atoms with Crippen LogP contribution in [-0.4, -0.2) is 42.8 Å². The first kappa shape index (κ1) is 16.1. The minimum absolute atomic E-state index is 0.666. The van der Waals surface area contributed by atoms with E-state index in [0.717, 1.165) is 40.5 Å². The molecule has 2 aromatic rings. The molecule has 0 saturated heterocycles. The fourth-order valence-corrected chi connectivity index (χ4v) is 3.29. The van der Waals surface area contributed by atoms with E-state index in [9.17, 15) is 0 Å². The number of benzene rings is 1. The molecular weight excluding hydrogens is 306 g/mol. The molecule has 1 N–H and O–H groups in total. The molecule has 1 heterocycles.